The third-order valence-corrected chi connectivity index (χ3v) is 4.03. The first-order chi connectivity index (χ1) is 8.77. The number of rotatable bonds is 6. The predicted octanol–water partition coefficient (Wildman–Crippen LogP) is 1.74. The normalized spacial score (nSPS) is 10.7. The second-order valence-corrected chi connectivity index (χ2v) is 5.81. The topological polar surface area (TPSA) is 46.9 Å². The summed E-state index contributed by atoms with van der Waals surface area (Å²) in [5.41, 5.74) is 1.39. The fourth-order valence-electron chi connectivity index (χ4n) is 1.58. The van der Waals surface area contributed by atoms with Crippen LogP contribution in [0.15, 0.2) is 34.1 Å². The van der Waals surface area contributed by atoms with Crippen LogP contribution in [0.3, 0.4) is 0 Å². The van der Waals surface area contributed by atoms with Gasteiger partial charge in [-0.05, 0) is 57.9 Å². The lowest BCUT2D eigenvalue weighted by Crippen LogP contribution is -2.29. The molecule has 2 heterocycles. The molecule has 0 aromatic carbocycles. The van der Waals surface area contributed by atoms with Gasteiger partial charge in [0.2, 0.25) is 0 Å². The van der Waals surface area contributed by atoms with Gasteiger partial charge in [0.1, 0.15) is 0 Å². The number of aromatic nitrogens is 2. The minimum Gasteiger partial charge on any atom is -0.315 e. The molecule has 0 unspecified atom stereocenters. The molecule has 1 N–H and O–H groups in total. The Morgan fingerprint density at radius 3 is 3.11 bits per heavy atom. The van der Waals surface area contributed by atoms with Crippen molar-refractivity contribution in [2.45, 2.75) is 13.0 Å². The van der Waals surface area contributed by atoms with Crippen molar-refractivity contribution in [1.82, 2.24) is 14.9 Å². The van der Waals surface area contributed by atoms with Crippen LogP contribution in [0.25, 0.3) is 0 Å². The lowest BCUT2D eigenvalue weighted by molar-refractivity contribution is 0.578. The van der Waals surface area contributed by atoms with Crippen molar-refractivity contribution in [2.24, 2.45) is 0 Å². The number of nitrogens with one attached hydrogen (secondary N) is 1. The van der Waals surface area contributed by atoms with Crippen LogP contribution in [-0.4, -0.2) is 22.6 Å². The molecule has 0 radical (unpaired) electrons. The average molecular weight is 375 g/mol. The average Bonchev–Trinajstić information content (AvgIpc) is 2.87. The zero-order valence-corrected chi connectivity index (χ0v) is 12.8. The summed E-state index contributed by atoms with van der Waals surface area (Å²) in [5.74, 6) is 0. The molecule has 6 heteroatoms. The lowest BCUT2D eigenvalue weighted by Gasteiger charge is -2.06. The molecule has 96 valence electrons. The summed E-state index contributed by atoms with van der Waals surface area (Å²) in [6, 6.07) is 2.14. The van der Waals surface area contributed by atoms with Gasteiger partial charge in [0.05, 0.1) is 9.90 Å². The molecule has 0 amide bonds. The molecule has 2 rings (SSSR count). The van der Waals surface area contributed by atoms with Gasteiger partial charge in [-0.25, -0.2) is 4.98 Å². The predicted molar refractivity (Wildman–Crippen MR) is 82.1 cm³/mol. The lowest BCUT2D eigenvalue weighted by atomic mass is 10.2. The van der Waals surface area contributed by atoms with E-state index in [4.69, 9.17) is 0 Å². The third-order valence-electron chi connectivity index (χ3n) is 2.56. The first-order valence-corrected chi connectivity index (χ1v) is 7.71. The molecule has 2 aromatic heterocycles. The summed E-state index contributed by atoms with van der Waals surface area (Å²) in [4.78, 5) is 15.7. The zero-order valence-electron chi connectivity index (χ0n) is 9.80. The largest absolute Gasteiger partial charge is 0.315 e. The summed E-state index contributed by atoms with van der Waals surface area (Å²) in [6.45, 7) is 2.38. The molecular weight excluding hydrogens is 361 g/mol. The molecule has 0 saturated carbocycles. The Morgan fingerprint density at radius 1 is 1.44 bits per heavy atom. The molecule has 2 aromatic rings. The van der Waals surface area contributed by atoms with Crippen LogP contribution >= 0.6 is 33.9 Å². The number of thiophene rings is 1. The van der Waals surface area contributed by atoms with Gasteiger partial charge in [-0.15, -0.1) is 0 Å². The first kappa shape index (κ1) is 13.7. The standard InChI is InChI=1S/C12H14IN3OS/c13-11-7-15-9-16(12(11)17)5-4-14-3-1-10-2-6-18-8-10/h2,6-9,14H,1,3-5H2. The van der Waals surface area contributed by atoms with Gasteiger partial charge in [0.15, 0.2) is 0 Å². The van der Waals surface area contributed by atoms with Gasteiger partial charge < -0.3 is 5.32 Å². The Labute approximate surface area is 123 Å². The fraction of sp³-hybridized carbons (Fsp3) is 0.333. The van der Waals surface area contributed by atoms with Crippen LogP contribution in [0, 0.1) is 3.57 Å². The highest BCUT2D eigenvalue weighted by Crippen LogP contribution is 2.05. The maximum Gasteiger partial charge on any atom is 0.266 e. The van der Waals surface area contributed by atoms with E-state index in [1.807, 2.05) is 22.6 Å². The number of halogens is 1. The molecule has 0 atom stereocenters. The minimum atomic E-state index is 0.0326. The Hall–Kier alpha value is -0.730. The van der Waals surface area contributed by atoms with Crippen molar-refractivity contribution in [3.63, 3.8) is 0 Å². The number of nitrogens with zero attached hydrogens (tertiary/aromatic N) is 2. The molecule has 18 heavy (non-hydrogen) atoms. The van der Waals surface area contributed by atoms with E-state index >= 15 is 0 Å². The van der Waals surface area contributed by atoms with E-state index in [-0.39, 0.29) is 5.56 Å². The molecular formula is C12H14IN3OS. The van der Waals surface area contributed by atoms with Gasteiger partial charge in [-0.3, -0.25) is 9.36 Å². The quantitative estimate of drug-likeness (QED) is 0.618. The van der Waals surface area contributed by atoms with E-state index in [9.17, 15) is 4.79 Å². The van der Waals surface area contributed by atoms with Crippen LogP contribution in [-0.2, 0) is 13.0 Å². The van der Waals surface area contributed by atoms with Crippen molar-refractivity contribution in [1.29, 1.82) is 0 Å². The second-order valence-electron chi connectivity index (χ2n) is 3.87. The van der Waals surface area contributed by atoms with Crippen molar-refractivity contribution >= 4 is 33.9 Å². The molecule has 0 aliphatic carbocycles. The van der Waals surface area contributed by atoms with Crippen molar-refractivity contribution in [3.05, 3.63) is 48.8 Å². The minimum absolute atomic E-state index is 0.0326. The summed E-state index contributed by atoms with van der Waals surface area (Å²) in [6.07, 6.45) is 4.21. The molecule has 0 aliphatic rings. The van der Waals surface area contributed by atoms with Crippen molar-refractivity contribution in [2.75, 3.05) is 13.1 Å². The molecule has 0 fully saturated rings. The Balaban J connectivity index is 1.72. The van der Waals surface area contributed by atoms with Crippen LogP contribution in [0.5, 0.6) is 0 Å². The van der Waals surface area contributed by atoms with Gasteiger partial charge in [0, 0.05) is 19.3 Å². The number of hydrogen-bond acceptors (Lipinski definition) is 4. The summed E-state index contributed by atoms with van der Waals surface area (Å²) < 4.78 is 2.30. The maximum absolute atomic E-state index is 11.7. The van der Waals surface area contributed by atoms with Crippen LogP contribution in [0.1, 0.15) is 5.56 Å². The molecule has 0 aliphatic heterocycles. The van der Waals surface area contributed by atoms with E-state index in [2.05, 4.69) is 27.1 Å². The summed E-state index contributed by atoms with van der Waals surface area (Å²) >= 11 is 3.73. The van der Waals surface area contributed by atoms with Gasteiger partial charge in [0.25, 0.3) is 5.56 Å². The van der Waals surface area contributed by atoms with Gasteiger partial charge in [-0.2, -0.15) is 11.3 Å². The highest BCUT2D eigenvalue weighted by atomic mass is 127. The summed E-state index contributed by atoms with van der Waals surface area (Å²) in [5, 5.41) is 7.59. The van der Waals surface area contributed by atoms with Crippen molar-refractivity contribution < 1.29 is 0 Å². The van der Waals surface area contributed by atoms with Crippen molar-refractivity contribution in [3.8, 4) is 0 Å². The number of hydrogen-bond donors (Lipinski definition) is 1. The maximum atomic E-state index is 11.7. The van der Waals surface area contributed by atoms with E-state index in [1.54, 1.807) is 28.4 Å². The van der Waals surface area contributed by atoms with E-state index in [0.717, 1.165) is 19.5 Å². The molecule has 0 bridgehead atoms. The molecule has 0 saturated heterocycles. The highest BCUT2D eigenvalue weighted by molar-refractivity contribution is 14.1. The second kappa shape index (κ2) is 7.01. The van der Waals surface area contributed by atoms with Gasteiger partial charge >= 0.3 is 0 Å². The molecule has 0 spiro atoms. The smallest absolute Gasteiger partial charge is 0.266 e. The Morgan fingerprint density at radius 2 is 2.33 bits per heavy atom. The Bertz CT molecular complexity index is 539. The SMILES string of the molecule is O=c1c(I)cncn1CCNCCc1ccsc1. The Kier molecular flexibility index (Phi) is 5.33. The van der Waals surface area contributed by atoms with E-state index in [0.29, 0.717) is 10.1 Å². The van der Waals surface area contributed by atoms with E-state index in [1.165, 1.54) is 5.56 Å². The fourth-order valence-corrected chi connectivity index (χ4v) is 2.75. The monoisotopic (exact) mass is 375 g/mol. The van der Waals surface area contributed by atoms with Crippen LogP contribution in [0.2, 0.25) is 0 Å². The highest BCUT2D eigenvalue weighted by Gasteiger charge is 2.00. The molecule has 4 nitrogen and oxygen atoms in total. The van der Waals surface area contributed by atoms with Crippen LogP contribution < -0.4 is 10.9 Å². The van der Waals surface area contributed by atoms with Crippen LogP contribution in [0.4, 0.5) is 0 Å². The first-order valence-electron chi connectivity index (χ1n) is 5.69. The zero-order chi connectivity index (χ0) is 12.8. The van der Waals surface area contributed by atoms with E-state index < -0.39 is 0 Å². The third kappa shape index (κ3) is 3.89. The summed E-state index contributed by atoms with van der Waals surface area (Å²) in [7, 11) is 0. The van der Waals surface area contributed by atoms with Gasteiger partial charge in [-0.1, -0.05) is 0 Å².